The van der Waals surface area contributed by atoms with Crippen molar-refractivity contribution in [1.82, 2.24) is 4.90 Å². The van der Waals surface area contributed by atoms with E-state index in [9.17, 15) is 5.11 Å². The normalized spacial score (nSPS) is 19.2. The van der Waals surface area contributed by atoms with Gasteiger partial charge in [-0.2, -0.15) is 0 Å². The van der Waals surface area contributed by atoms with Crippen LogP contribution >= 0.6 is 24.8 Å². The minimum absolute atomic E-state index is 0. The summed E-state index contributed by atoms with van der Waals surface area (Å²) < 4.78 is 5.32. The van der Waals surface area contributed by atoms with Gasteiger partial charge in [-0.3, -0.25) is 4.90 Å². The summed E-state index contributed by atoms with van der Waals surface area (Å²) >= 11 is 0. The van der Waals surface area contributed by atoms with Crippen molar-refractivity contribution < 1.29 is 9.84 Å². The fourth-order valence-electron chi connectivity index (χ4n) is 2.25. The van der Waals surface area contributed by atoms with Crippen LogP contribution in [0.3, 0.4) is 0 Å². The van der Waals surface area contributed by atoms with Crippen molar-refractivity contribution in [3.63, 3.8) is 0 Å². The van der Waals surface area contributed by atoms with Gasteiger partial charge in [0.1, 0.15) is 5.72 Å². The Bertz CT molecular complexity index is 331. The average molecular weight is 294 g/mol. The van der Waals surface area contributed by atoms with Crippen LogP contribution in [-0.4, -0.2) is 36.3 Å². The molecule has 1 atom stereocenters. The van der Waals surface area contributed by atoms with Crippen LogP contribution in [0.25, 0.3) is 0 Å². The summed E-state index contributed by atoms with van der Waals surface area (Å²) in [6.45, 7) is 5.01. The number of nitrogens with zero attached hydrogens (tertiary/aromatic N) is 1. The minimum atomic E-state index is -0.842. The Morgan fingerprint density at radius 2 is 1.72 bits per heavy atom. The Labute approximate surface area is 121 Å². The van der Waals surface area contributed by atoms with Crippen LogP contribution in [0.1, 0.15) is 18.9 Å². The van der Waals surface area contributed by atoms with Gasteiger partial charge in [0.2, 0.25) is 0 Å². The number of benzene rings is 1. The molecule has 1 fully saturated rings. The highest BCUT2D eigenvalue weighted by Gasteiger charge is 2.35. The second-order valence-corrected chi connectivity index (χ2v) is 4.14. The molecule has 1 aromatic carbocycles. The molecule has 5 heteroatoms. The maximum absolute atomic E-state index is 10.8. The lowest BCUT2D eigenvalue weighted by Crippen LogP contribution is -2.51. The van der Waals surface area contributed by atoms with Crippen LogP contribution in [0.4, 0.5) is 0 Å². The van der Waals surface area contributed by atoms with Gasteiger partial charge in [-0.05, 0) is 12.0 Å². The molecule has 1 saturated heterocycles. The Kier molecular flexibility index (Phi) is 7.83. The van der Waals surface area contributed by atoms with Crippen molar-refractivity contribution in [1.29, 1.82) is 0 Å². The summed E-state index contributed by atoms with van der Waals surface area (Å²) in [5, 5.41) is 10.8. The Hall–Kier alpha value is -0.320. The second-order valence-electron chi connectivity index (χ2n) is 4.14. The molecule has 3 nitrogen and oxygen atoms in total. The minimum Gasteiger partial charge on any atom is -0.379 e. The topological polar surface area (TPSA) is 32.7 Å². The van der Waals surface area contributed by atoms with Crippen molar-refractivity contribution in [2.24, 2.45) is 0 Å². The first-order valence-corrected chi connectivity index (χ1v) is 5.88. The molecular weight excluding hydrogens is 273 g/mol. The summed E-state index contributed by atoms with van der Waals surface area (Å²) in [5.41, 5.74) is 0.129. The predicted molar refractivity (Wildman–Crippen MR) is 77.5 cm³/mol. The number of ether oxygens (including phenoxy) is 1. The van der Waals surface area contributed by atoms with E-state index in [1.54, 1.807) is 0 Å². The largest absolute Gasteiger partial charge is 0.379 e. The third-order valence-electron chi connectivity index (χ3n) is 3.26. The lowest BCUT2D eigenvalue weighted by atomic mass is 9.98. The van der Waals surface area contributed by atoms with Gasteiger partial charge in [0, 0.05) is 13.1 Å². The van der Waals surface area contributed by atoms with Crippen molar-refractivity contribution in [2.75, 3.05) is 26.3 Å². The van der Waals surface area contributed by atoms with Gasteiger partial charge in [-0.1, -0.05) is 37.3 Å². The average Bonchev–Trinajstić information content (AvgIpc) is 2.40. The SMILES string of the molecule is CCC(O)(c1ccccc1)N1CCOCC1.Cl.Cl. The van der Waals surface area contributed by atoms with E-state index in [4.69, 9.17) is 4.74 Å². The summed E-state index contributed by atoms with van der Waals surface area (Å²) in [7, 11) is 0. The summed E-state index contributed by atoms with van der Waals surface area (Å²) in [6, 6.07) is 9.88. The Morgan fingerprint density at radius 3 is 2.22 bits per heavy atom. The molecule has 0 aliphatic carbocycles. The highest BCUT2D eigenvalue weighted by atomic mass is 35.5. The van der Waals surface area contributed by atoms with E-state index in [0.29, 0.717) is 19.6 Å². The molecule has 2 rings (SSSR count). The van der Waals surface area contributed by atoms with Crippen molar-refractivity contribution >= 4 is 24.8 Å². The predicted octanol–water partition coefficient (Wildman–Crippen LogP) is 2.42. The van der Waals surface area contributed by atoms with E-state index >= 15 is 0 Å². The zero-order valence-electron chi connectivity index (χ0n) is 10.5. The summed E-state index contributed by atoms with van der Waals surface area (Å²) in [4.78, 5) is 2.10. The second kappa shape index (κ2) is 7.97. The Morgan fingerprint density at radius 1 is 1.17 bits per heavy atom. The molecule has 1 aromatic rings. The van der Waals surface area contributed by atoms with E-state index in [-0.39, 0.29) is 24.8 Å². The third kappa shape index (κ3) is 3.59. The van der Waals surface area contributed by atoms with Crippen LogP contribution < -0.4 is 0 Å². The van der Waals surface area contributed by atoms with Gasteiger partial charge in [0.15, 0.2) is 0 Å². The first-order chi connectivity index (χ1) is 7.77. The van der Waals surface area contributed by atoms with E-state index in [1.807, 2.05) is 37.3 Å². The lowest BCUT2D eigenvalue weighted by Gasteiger charge is -2.41. The van der Waals surface area contributed by atoms with Crippen molar-refractivity contribution in [3.05, 3.63) is 35.9 Å². The molecule has 0 bridgehead atoms. The molecular formula is C13H21Cl2NO2. The van der Waals surface area contributed by atoms with Gasteiger partial charge in [0.25, 0.3) is 0 Å². The Balaban J connectivity index is 0.00000144. The molecule has 104 valence electrons. The van der Waals surface area contributed by atoms with Gasteiger partial charge >= 0.3 is 0 Å². The van der Waals surface area contributed by atoms with Crippen LogP contribution in [0, 0.1) is 0 Å². The van der Waals surface area contributed by atoms with Crippen molar-refractivity contribution in [3.8, 4) is 0 Å². The number of halogens is 2. The fraction of sp³-hybridized carbons (Fsp3) is 0.538. The standard InChI is InChI=1S/C13H19NO2.2ClH/c1-2-13(15,12-6-4-3-5-7-12)14-8-10-16-11-9-14;;/h3-7,15H,2,8-11H2,1H3;2*1H. The smallest absolute Gasteiger partial charge is 0.144 e. The van der Waals surface area contributed by atoms with E-state index in [2.05, 4.69) is 4.90 Å². The van der Waals surface area contributed by atoms with Crippen LogP contribution in [0.5, 0.6) is 0 Å². The molecule has 1 unspecified atom stereocenters. The zero-order chi connectivity index (χ0) is 11.4. The summed E-state index contributed by atoms with van der Waals surface area (Å²) in [6.07, 6.45) is 0.691. The third-order valence-corrected chi connectivity index (χ3v) is 3.26. The quantitative estimate of drug-likeness (QED) is 0.929. The number of morpholine rings is 1. The first kappa shape index (κ1) is 17.7. The molecule has 0 amide bonds. The van der Waals surface area contributed by atoms with Crippen LogP contribution in [-0.2, 0) is 10.5 Å². The highest BCUT2D eigenvalue weighted by Crippen LogP contribution is 2.29. The van der Waals surface area contributed by atoms with Crippen LogP contribution in [0.2, 0.25) is 0 Å². The number of hydrogen-bond donors (Lipinski definition) is 1. The van der Waals surface area contributed by atoms with Gasteiger partial charge in [-0.15, -0.1) is 24.8 Å². The molecule has 0 radical (unpaired) electrons. The molecule has 1 N–H and O–H groups in total. The van der Waals surface area contributed by atoms with Crippen molar-refractivity contribution in [2.45, 2.75) is 19.1 Å². The maximum atomic E-state index is 10.8. The van der Waals surface area contributed by atoms with E-state index < -0.39 is 5.72 Å². The molecule has 0 aromatic heterocycles. The lowest BCUT2D eigenvalue weighted by molar-refractivity contribution is -0.149. The highest BCUT2D eigenvalue weighted by molar-refractivity contribution is 5.85. The molecule has 0 saturated carbocycles. The monoisotopic (exact) mass is 293 g/mol. The van der Waals surface area contributed by atoms with Crippen LogP contribution in [0.15, 0.2) is 30.3 Å². The molecule has 18 heavy (non-hydrogen) atoms. The first-order valence-electron chi connectivity index (χ1n) is 5.88. The maximum Gasteiger partial charge on any atom is 0.144 e. The van der Waals surface area contributed by atoms with Gasteiger partial charge in [-0.25, -0.2) is 0 Å². The van der Waals surface area contributed by atoms with Gasteiger partial charge < -0.3 is 9.84 Å². The van der Waals surface area contributed by atoms with E-state index in [1.165, 1.54) is 0 Å². The molecule has 0 spiro atoms. The summed E-state index contributed by atoms with van der Waals surface area (Å²) in [5.74, 6) is 0. The number of hydrogen-bond acceptors (Lipinski definition) is 3. The number of aliphatic hydroxyl groups is 1. The van der Waals surface area contributed by atoms with E-state index in [0.717, 1.165) is 18.7 Å². The van der Waals surface area contributed by atoms with Gasteiger partial charge in [0.05, 0.1) is 13.2 Å². The zero-order valence-corrected chi connectivity index (χ0v) is 12.2. The molecule has 1 heterocycles. The number of rotatable bonds is 3. The molecule has 1 aliphatic rings. The molecule has 1 aliphatic heterocycles. The fourth-order valence-corrected chi connectivity index (χ4v) is 2.25.